The van der Waals surface area contributed by atoms with Gasteiger partial charge in [0.05, 0.1) is 23.7 Å². The second kappa shape index (κ2) is 9.76. The average Bonchev–Trinajstić information content (AvgIpc) is 3.25. The number of nitrogens with zero attached hydrogens (tertiary/aromatic N) is 2. The lowest BCUT2D eigenvalue weighted by atomic mass is 10.1. The van der Waals surface area contributed by atoms with Crippen LogP contribution in [0.25, 0.3) is 33.5 Å². The predicted molar refractivity (Wildman–Crippen MR) is 154 cm³/mol. The van der Waals surface area contributed by atoms with Crippen molar-refractivity contribution in [1.29, 1.82) is 5.26 Å². The third-order valence-corrected chi connectivity index (χ3v) is 7.20. The SMILES string of the molecule is Cc1ccc2nc(/C(C#N)=C\c3cc(I)c(OCc4cccc5ccccc45)c(I)c3)[nH]c2c1. The molecule has 0 bridgehead atoms. The fourth-order valence-corrected chi connectivity index (χ4v) is 6.07. The van der Waals surface area contributed by atoms with Crippen molar-refractivity contribution in [3.05, 3.63) is 102 Å². The van der Waals surface area contributed by atoms with E-state index in [1.54, 1.807) is 0 Å². The molecule has 0 radical (unpaired) electrons. The van der Waals surface area contributed by atoms with Gasteiger partial charge in [0.2, 0.25) is 0 Å². The number of nitrogens with one attached hydrogen (secondary N) is 1. The maximum atomic E-state index is 9.80. The van der Waals surface area contributed by atoms with Crippen LogP contribution in [0.1, 0.15) is 22.5 Å². The van der Waals surface area contributed by atoms with E-state index in [1.807, 2.05) is 49.4 Å². The summed E-state index contributed by atoms with van der Waals surface area (Å²) in [6.45, 7) is 2.53. The Labute approximate surface area is 225 Å². The van der Waals surface area contributed by atoms with Crippen molar-refractivity contribution in [2.45, 2.75) is 13.5 Å². The topological polar surface area (TPSA) is 61.7 Å². The molecule has 0 amide bonds. The number of ether oxygens (including phenoxy) is 1. The summed E-state index contributed by atoms with van der Waals surface area (Å²) >= 11 is 4.59. The maximum Gasteiger partial charge on any atom is 0.149 e. The van der Waals surface area contributed by atoms with Crippen LogP contribution in [0.4, 0.5) is 0 Å². The number of imidazole rings is 1. The second-order valence-corrected chi connectivity index (χ2v) is 10.3. The summed E-state index contributed by atoms with van der Waals surface area (Å²) in [6, 6.07) is 27.0. The standard InChI is InChI=1S/C28H19I2N3O/c1-17-9-10-25-26(11-17)33-28(32-25)21(15-31)12-18-13-23(29)27(24(30)14-18)34-16-20-7-4-6-19-5-2-3-8-22(19)20/h2-14H,16H2,1H3,(H,32,33)/b21-12-. The van der Waals surface area contributed by atoms with Gasteiger partial charge in [-0.1, -0.05) is 48.5 Å². The molecule has 0 atom stereocenters. The molecule has 34 heavy (non-hydrogen) atoms. The lowest BCUT2D eigenvalue weighted by Gasteiger charge is -2.13. The van der Waals surface area contributed by atoms with Gasteiger partial charge in [0.25, 0.3) is 0 Å². The molecule has 166 valence electrons. The third-order valence-electron chi connectivity index (χ3n) is 5.60. The Bertz CT molecular complexity index is 1580. The number of halogens is 2. The highest BCUT2D eigenvalue weighted by molar-refractivity contribution is 14.1. The number of nitriles is 1. The summed E-state index contributed by atoms with van der Waals surface area (Å²) in [7, 11) is 0. The van der Waals surface area contributed by atoms with Gasteiger partial charge < -0.3 is 9.72 Å². The number of benzene rings is 4. The molecule has 0 aliphatic heterocycles. The number of H-pyrrole nitrogens is 1. The highest BCUT2D eigenvalue weighted by atomic mass is 127. The molecule has 0 unspecified atom stereocenters. The third kappa shape index (κ3) is 4.68. The number of rotatable bonds is 5. The van der Waals surface area contributed by atoms with E-state index in [2.05, 4.69) is 97.6 Å². The first-order valence-corrected chi connectivity index (χ1v) is 12.8. The van der Waals surface area contributed by atoms with Crippen LogP contribution in [0.3, 0.4) is 0 Å². The number of aromatic nitrogens is 2. The van der Waals surface area contributed by atoms with E-state index < -0.39 is 0 Å². The van der Waals surface area contributed by atoms with Crippen molar-refractivity contribution < 1.29 is 4.74 Å². The highest BCUT2D eigenvalue weighted by Crippen LogP contribution is 2.32. The summed E-state index contributed by atoms with van der Waals surface area (Å²) in [6.07, 6.45) is 1.86. The second-order valence-electron chi connectivity index (χ2n) is 8.02. The molecule has 0 aliphatic rings. The predicted octanol–water partition coefficient (Wildman–Crippen LogP) is 7.88. The van der Waals surface area contributed by atoms with Crippen LogP contribution in [0, 0.1) is 25.4 Å². The smallest absolute Gasteiger partial charge is 0.149 e. The van der Waals surface area contributed by atoms with Crippen LogP contribution in [-0.2, 0) is 6.61 Å². The number of allylic oxidation sites excluding steroid dienone is 1. The van der Waals surface area contributed by atoms with Gasteiger partial charge in [0, 0.05) is 0 Å². The summed E-state index contributed by atoms with van der Waals surface area (Å²) < 4.78 is 8.25. The molecular weight excluding hydrogens is 648 g/mol. The largest absolute Gasteiger partial charge is 0.487 e. The van der Waals surface area contributed by atoms with Gasteiger partial charge in [-0.25, -0.2) is 4.98 Å². The van der Waals surface area contributed by atoms with Crippen molar-refractivity contribution in [2.24, 2.45) is 0 Å². The summed E-state index contributed by atoms with van der Waals surface area (Å²) in [4.78, 5) is 7.87. The van der Waals surface area contributed by atoms with Gasteiger partial charge in [-0.3, -0.25) is 0 Å². The minimum absolute atomic E-state index is 0.490. The van der Waals surface area contributed by atoms with E-state index in [1.165, 1.54) is 10.8 Å². The normalized spacial score (nSPS) is 11.6. The van der Waals surface area contributed by atoms with Crippen molar-refractivity contribution in [2.75, 3.05) is 0 Å². The molecule has 4 nitrogen and oxygen atoms in total. The molecule has 0 saturated heterocycles. The number of fused-ring (bicyclic) bond motifs is 2. The van der Waals surface area contributed by atoms with Crippen molar-refractivity contribution in [3.63, 3.8) is 0 Å². The molecule has 5 rings (SSSR count). The average molecular weight is 667 g/mol. The van der Waals surface area contributed by atoms with Gasteiger partial charge in [0.1, 0.15) is 24.3 Å². The van der Waals surface area contributed by atoms with Crippen LogP contribution in [0.5, 0.6) is 5.75 Å². The number of hydrogen-bond donors (Lipinski definition) is 1. The molecule has 6 heteroatoms. The Kier molecular flexibility index (Phi) is 6.57. The molecule has 1 N–H and O–H groups in total. The first-order valence-electron chi connectivity index (χ1n) is 10.7. The Morgan fingerprint density at radius 3 is 2.59 bits per heavy atom. The Hall–Kier alpha value is -2.90. The van der Waals surface area contributed by atoms with E-state index >= 15 is 0 Å². The lowest BCUT2D eigenvalue weighted by Crippen LogP contribution is -2.00. The minimum atomic E-state index is 0.490. The monoisotopic (exact) mass is 667 g/mol. The van der Waals surface area contributed by atoms with Crippen LogP contribution in [0.15, 0.2) is 72.8 Å². The first kappa shape index (κ1) is 22.9. The molecule has 0 fully saturated rings. The van der Waals surface area contributed by atoms with Gasteiger partial charge in [-0.15, -0.1) is 0 Å². The summed E-state index contributed by atoms with van der Waals surface area (Å²) in [5.41, 5.74) is 5.50. The van der Waals surface area contributed by atoms with Gasteiger partial charge in [-0.05, 0) is 110 Å². The number of hydrogen-bond acceptors (Lipinski definition) is 3. The zero-order valence-electron chi connectivity index (χ0n) is 18.3. The number of aryl methyl sites for hydroxylation is 1. The van der Waals surface area contributed by atoms with Crippen molar-refractivity contribution >= 4 is 78.6 Å². The lowest BCUT2D eigenvalue weighted by molar-refractivity contribution is 0.303. The van der Waals surface area contributed by atoms with Gasteiger partial charge >= 0.3 is 0 Å². The molecule has 5 aromatic rings. The first-order chi connectivity index (χ1) is 16.5. The highest BCUT2D eigenvalue weighted by Gasteiger charge is 2.12. The Morgan fingerprint density at radius 2 is 1.79 bits per heavy atom. The van der Waals surface area contributed by atoms with Crippen LogP contribution in [-0.4, -0.2) is 9.97 Å². The molecular formula is C28H19I2N3O. The van der Waals surface area contributed by atoms with Crippen molar-refractivity contribution in [1.82, 2.24) is 9.97 Å². The maximum absolute atomic E-state index is 9.80. The van der Waals surface area contributed by atoms with Gasteiger partial charge in [-0.2, -0.15) is 5.26 Å². The zero-order valence-corrected chi connectivity index (χ0v) is 22.6. The minimum Gasteiger partial charge on any atom is -0.487 e. The molecule has 1 heterocycles. The van der Waals surface area contributed by atoms with Gasteiger partial charge in [0.15, 0.2) is 0 Å². The molecule has 0 aliphatic carbocycles. The molecule has 1 aromatic heterocycles. The van der Waals surface area contributed by atoms with E-state index in [9.17, 15) is 5.26 Å². The Morgan fingerprint density at radius 1 is 1.03 bits per heavy atom. The van der Waals surface area contributed by atoms with Crippen LogP contribution in [0.2, 0.25) is 0 Å². The summed E-state index contributed by atoms with van der Waals surface area (Å²) in [5, 5.41) is 12.2. The summed E-state index contributed by atoms with van der Waals surface area (Å²) in [5.74, 6) is 1.42. The fraction of sp³-hybridized carbons (Fsp3) is 0.0714. The molecule has 0 spiro atoms. The van der Waals surface area contributed by atoms with E-state index in [0.29, 0.717) is 18.0 Å². The van der Waals surface area contributed by atoms with Crippen molar-refractivity contribution in [3.8, 4) is 11.8 Å². The zero-order chi connectivity index (χ0) is 23.7. The van der Waals surface area contributed by atoms with Crippen LogP contribution >= 0.6 is 45.2 Å². The van der Waals surface area contributed by atoms with E-state index in [-0.39, 0.29) is 0 Å². The van der Waals surface area contributed by atoms with E-state index in [0.717, 1.165) is 40.6 Å². The molecule has 4 aromatic carbocycles. The molecule has 0 saturated carbocycles. The Balaban J connectivity index is 1.42. The quantitative estimate of drug-likeness (QED) is 0.153. The fourth-order valence-electron chi connectivity index (χ4n) is 3.94. The van der Waals surface area contributed by atoms with Crippen LogP contribution < -0.4 is 4.74 Å². The van der Waals surface area contributed by atoms with E-state index in [4.69, 9.17) is 4.74 Å². The number of aromatic amines is 1.